The van der Waals surface area contributed by atoms with E-state index in [1.807, 2.05) is 4.90 Å². The summed E-state index contributed by atoms with van der Waals surface area (Å²) in [6.45, 7) is 0.502. The fraction of sp³-hybridized carbons (Fsp3) is 0.500. The van der Waals surface area contributed by atoms with Gasteiger partial charge in [0.05, 0.1) is 6.61 Å². The number of anilines is 2. The van der Waals surface area contributed by atoms with E-state index < -0.39 is 0 Å². The summed E-state index contributed by atoms with van der Waals surface area (Å²) >= 11 is 0. The van der Waals surface area contributed by atoms with E-state index in [1.165, 1.54) is 17.3 Å². The van der Waals surface area contributed by atoms with E-state index >= 15 is 0 Å². The number of aromatic nitrogens is 6. The molecule has 0 bridgehead atoms. The molecule has 0 amide bonds. The first-order valence-corrected chi connectivity index (χ1v) is 6.27. The molecule has 1 fully saturated rings. The lowest BCUT2D eigenvalue weighted by molar-refractivity contribution is 0.300. The Morgan fingerprint density at radius 2 is 2.25 bits per heavy atom. The Balaban J connectivity index is 1.98. The number of nitrogens with zero attached hydrogens (tertiary/aromatic N) is 7. The van der Waals surface area contributed by atoms with Gasteiger partial charge in [0.25, 0.3) is 5.95 Å². The second-order valence-electron chi connectivity index (χ2n) is 4.39. The van der Waals surface area contributed by atoms with Crippen molar-refractivity contribution in [1.29, 1.82) is 0 Å². The number of hydrogen-bond acceptors (Lipinski definition) is 9. The average molecular weight is 277 g/mol. The molecule has 2 aromatic heterocycles. The second kappa shape index (κ2) is 5.35. The molecule has 1 saturated carbocycles. The van der Waals surface area contributed by atoms with Gasteiger partial charge in [-0.3, -0.25) is 5.43 Å². The Kier molecular flexibility index (Phi) is 3.39. The Morgan fingerprint density at radius 3 is 2.85 bits per heavy atom. The molecule has 0 aliphatic heterocycles. The van der Waals surface area contributed by atoms with Gasteiger partial charge in [0.15, 0.2) is 0 Å². The van der Waals surface area contributed by atoms with Crippen molar-refractivity contribution in [3.8, 4) is 5.95 Å². The van der Waals surface area contributed by atoms with Crippen LogP contribution >= 0.6 is 0 Å². The molecule has 10 heteroatoms. The van der Waals surface area contributed by atoms with Gasteiger partial charge in [0.1, 0.15) is 12.7 Å². The monoisotopic (exact) mass is 277 g/mol. The largest absolute Gasteiger partial charge is 0.395 e. The summed E-state index contributed by atoms with van der Waals surface area (Å²) in [5.41, 5.74) is 2.41. The summed E-state index contributed by atoms with van der Waals surface area (Å²) in [5, 5.41) is 13.2. The van der Waals surface area contributed by atoms with Crippen LogP contribution in [0.15, 0.2) is 12.7 Å². The Hall–Kier alpha value is -2.33. The standard InChI is InChI=1S/C10H15N9O/c11-17-8-14-9(18(3-4-20)7-1-2-7)16-10(15-8)19-6-12-5-13-19/h5-7,20H,1-4,11H2,(H,14,15,16,17). The molecule has 10 nitrogen and oxygen atoms in total. The van der Waals surface area contributed by atoms with Crippen molar-refractivity contribution in [2.45, 2.75) is 18.9 Å². The molecule has 0 aromatic carbocycles. The minimum atomic E-state index is 0.0340. The predicted molar refractivity (Wildman–Crippen MR) is 70.0 cm³/mol. The maximum absolute atomic E-state index is 9.17. The van der Waals surface area contributed by atoms with Gasteiger partial charge in [-0.05, 0) is 12.8 Å². The van der Waals surface area contributed by atoms with Gasteiger partial charge in [-0.1, -0.05) is 0 Å². The summed E-state index contributed by atoms with van der Waals surface area (Å²) in [5.74, 6) is 6.42. The number of nitrogen functional groups attached to an aromatic ring is 1. The van der Waals surface area contributed by atoms with E-state index in [2.05, 4.69) is 30.5 Å². The lowest BCUT2D eigenvalue weighted by Crippen LogP contribution is -2.31. The van der Waals surface area contributed by atoms with Crippen LogP contribution in [0.2, 0.25) is 0 Å². The molecular weight excluding hydrogens is 262 g/mol. The first-order chi connectivity index (χ1) is 9.81. The summed E-state index contributed by atoms with van der Waals surface area (Å²) in [7, 11) is 0. The van der Waals surface area contributed by atoms with Gasteiger partial charge in [0.2, 0.25) is 11.9 Å². The molecule has 0 atom stereocenters. The van der Waals surface area contributed by atoms with Gasteiger partial charge in [-0.2, -0.15) is 24.7 Å². The first kappa shape index (κ1) is 12.7. The lowest BCUT2D eigenvalue weighted by Gasteiger charge is -2.21. The fourth-order valence-corrected chi connectivity index (χ4v) is 1.90. The van der Waals surface area contributed by atoms with Gasteiger partial charge in [-0.25, -0.2) is 10.8 Å². The molecule has 20 heavy (non-hydrogen) atoms. The van der Waals surface area contributed by atoms with E-state index in [-0.39, 0.29) is 12.6 Å². The number of aliphatic hydroxyl groups is 1. The molecule has 1 aliphatic carbocycles. The van der Waals surface area contributed by atoms with Crippen molar-refractivity contribution in [2.24, 2.45) is 5.84 Å². The summed E-state index contributed by atoms with van der Waals surface area (Å²) in [6.07, 6.45) is 5.02. The Morgan fingerprint density at radius 1 is 1.40 bits per heavy atom. The highest BCUT2D eigenvalue weighted by molar-refractivity contribution is 5.41. The van der Waals surface area contributed by atoms with E-state index in [1.54, 1.807) is 0 Å². The van der Waals surface area contributed by atoms with Crippen LogP contribution in [0.3, 0.4) is 0 Å². The van der Waals surface area contributed by atoms with Crippen molar-refractivity contribution in [1.82, 2.24) is 29.7 Å². The summed E-state index contributed by atoms with van der Waals surface area (Å²) in [4.78, 5) is 18.5. The zero-order valence-corrected chi connectivity index (χ0v) is 10.7. The van der Waals surface area contributed by atoms with Crippen LogP contribution in [0.25, 0.3) is 5.95 Å². The molecule has 0 spiro atoms. The molecule has 0 saturated heterocycles. The predicted octanol–water partition coefficient (Wildman–Crippen LogP) is -1.30. The van der Waals surface area contributed by atoms with Crippen molar-refractivity contribution in [3.05, 3.63) is 12.7 Å². The molecule has 2 aromatic rings. The van der Waals surface area contributed by atoms with Crippen LogP contribution in [0.1, 0.15) is 12.8 Å². The smallest absolute Gasteiger partial charge is 0.258 e. The zero-order chi connectivity index (χ0) is 13.9. The number of rotatable bonds is 6. The normalized spacial score (nSPS) is 14.3. The van der Waals surface area contributed by atoms with E-state index in [4.69, 9.17) is 5.84 Å². The molecule has 1 aliphatic rings. The number of nitrogens with one attached hydrogen (secondary N) is 1. The molecule has 3 rings (SSSR count). The van der Waals surface area contributed by atoms with Gasteiger partial charge in [-0.15, -0.1) is 0 Å². The highest BCUT2D eigenvalue weighted by Gasteiger charge is 2.31. The van der Waals surface area contributed by atoms with Crippen molar-refractivity contribution in [2.75, 3.05) is 23.5 Å². The van der Waals surface area contributed by atoms with Gasteiger partial charge < -0.3 is 10.0 Å². The molecule has 2 heterocycles. The van der Waals surface area contributed by atoms with E-state index in [0.717, 1.165) is 12.8 Å². The van der Waals surface area contributed by atoms with Crippen LogP contribution in [0.5, 0.6) is 0 Å². The zero-order valence-electron chi connectivity index (χ0n) is 10.7. The molecule has 0 radical (unpaired) electrons. The van der Waals surface area contributed by atoms with Crippen LogP contribution in [-0.4, -0.2) is 54.0 Å². The van der Waals surface area contributed by atoms with Gasteiger partial charge in [0, 0.05) is 12.6 Å². The van der Waals surface area contributed by atoms with E-state index in [0.29, 0.717) is 24.5 Å². The third kappa shape index (κ3) is 2.51. The van der Waals surface area contributed by atoms with Crippen molar-refractivity contribution >= 4 is 11.9 Å². The third-order valence-electron chi connectivity index (χ3n) is 2.95. The Bertz CT molecular complexity index is 568. The molecule has 106 valence electrons. The van der Waals surface area contributed by atoms with Crippen molar-refractivity contribution in [3.63, 3.8) is 0 Å². The topological polar surface area (TPSA) is 131 Å². The van der Waals surface area contributed by atoms with Crippen LogP contribution in [0, 0.1) is 0 Å². The number of hydrazine groups is 1. The maximum Gasteiger partial charge on any atom is 0.258 e. The van der Waals surface area contributed by atoms with Crippen LogP contribution in [-0.2, 0) is 0 Å². The Labute approximate surface area is 114 Å². The SMILES string of the molecule is NNc1nc(N(CCO)C2CC2)nc(-n2cncn2)n1. The summed E-state index contributed by atoms with van der Waals surface area (Å²) < 4.78 is 1.43. The minimum Gasteiger partial charge on any atom is -0.395 e. The van der Waals surface area contributed by atoms with Crippen LogP contribution in [0.4, 0.5) is 11.9 Å². The van der Waals surface area contributed by atoms with Gasteiger partial charge >= 0.3 is 0 Å². The third-order valence-corrected chi connectivity index (χ3v) is 2.95. The quantitative estimate of drug-likeness (QED) is 0.435. The highest BCUT2D eigenvalue weighted by Crippen LogP contribution is 2.29. The number of hydrogen-bond donors (Lipinski definition) is 3. The first-order valence-electron chi connectivity index (χ1n) is 6.27. The highest BCUT2D eigenvalue weighted by atomic mass is 16.3. The molecule has 4 N–H and O–H groups in total. The summed E-state index contributed by atoms with van der Waals surface area (Å²) in [6, 6.07) is 0.360. The second-order valence-corrected chi connectivity index (χ2v) is 4.39. The lowest BCUT2D eigenvalue weighted by atomic mass is 10.5. The number of aliphatic hydroxyl groups excluding tert-OH is 1. The van der Waals surface area contributed by atoms with Crippen molar-refractivity contribution < 1.29 is 5.11 Å². The molecular formula is C10H15N9O. The molecule has 0 unspecified atom stereocenters. The van der Waals surface area contributed by atoms with Crippen LogP contribution < -0.4 is 16.2 Å². The number of nitrogens with two attached hydrogens (primary N) is 1. The minimum absolute atomic E-state index is 0.0340. The average Bonchev–Trinajstić information content (AvgIpc) is 3.17. The maximum atomic E-state index is 9.17. The van der Waals surface area contributed by atoms with E-state index in [9.17, 15) is 5.11 Å². The fourth-order valence-electron chi connectivity index (χ4n) is 1.90.